The van der Waals surface area contributed by atoms with Crippen LogP contribution in [0.2, 0.25) is 0 Å². The molecule has 1 aromatic rings. The molecular weight excluding hydrogens is 262 g/mol. The van der Waals surface area contributed by atoms with Crippen LogP contribution in [0.1, 0.15) is 41.4 Å². The Morgan fingerprint density at radius 3 is 2.90 bits per heavy atom. The second-order valence-electron chi connectivity index (χ2n) is 5.30. The van der Waals surface area contributed by atoms with Gasteiger partial charge < -0.3 is 20.1 Å². The van der Waals surface area contributed by atoms with E-state index in [1.165, 1.54) is 6.20 Å². The van der Waals surface area contributed by atoms with E-state index in [0.717, 1.165) is 12.8 Å². The first-order valence-electron chi connectivity index (χ1n) is 6.81. The van der Waals surface area contributed by atoms with E-state index in [9.17, 15) is 14.7 Å². The smallest absolute Gasteiger partial charge is 0.263 e. The van der Waals surface area contributed by atoms with Crippen LogP contribution in [0, 0.1) is 0 Å². The summed E-state index contributed by atoms with van der Waals surface area (Å²) in [6.07, 6.45) is 3.16. The zero-order valence-electron chi connectivity index (χ0n) is 11.0. The van der Waals surface area contributed by atoms with Gasteiger partial charge in [-0.1, -0.05) is 0 Å². The van der Waals surface area contributed by atoms with Gasteiger partial charge in [-0.2, -0.15) is 0 Å². The number of rotatable bonds is 3. The zero-order valence-corrected chi connectivity index (χ0v) is 11.0. The van der Waals surface area contributed by atoms with E-state index < -0.39 is 23.6 Å². The summed E-state index contributed by atoms with van der Waals surface area (Å²) in [6.45, 7) is 0.678. The maximum Gasteiger partial charge on any atom is 0.263 e. The number of carbonyl (C=O) groups is 1. The number of aliphatic hydroxyl groups excluding tert-OH is 1. The van der Waals surface area contributed by atoms with E-state index in [1.807, 2.05) is 0 Å². The zero-order chi connectivity index (χ0) is 14.1. The van der Waals surface area contributed by atoms with Crippen LogP contribution in [0.5, 0.6) is 0 Å². The summed E-state index contributed by atoms with van der Waals surface area (Å²) in [5.74, 6) is 0.474. The van der Waals surface area contributed by atoms with Crippen LogP contribution in [-0.2, 0) is 4.74 Å². The van der Waals surface area contributed by atoms with Gasteiger partial charge in [0.25, 0.3) is 11.5 Å². The number of amides is 1. The third kappa shape index (κ3) is 2.73. The molecule has 2 aliphatic rings. The Labute approximate surface area is 115 Å². The van der Waals surface area contributed by atoms with Crippen molar-refractivity contribution in [1.29, 1.82) is 0 Å². The highest BCUT2D eigenvalue weighted by Crippen LogP contribution is 2.37. The molecule has 0 bridgehead atoms. The van der Waals surface area contributed by atoms with Crippen molar-refractivity contribution in [1.82, 2.24) is 15.3 Å². The summed E-state index contributed by atoms with van der Waals surface area (Å²) in [5.41, 5.74) is -0.450. The van der Waals surface area contributed by atoms with Crippen molar-refractivity contribution in [2.75, 3.05) is 13.2 Å². The van der Waals surface area contributed by atoms with Crippen molar-refractivity contribution in [2.45, 2.75) is 37.3 Å². The van der Waals surface area contributed by atoms with E-state index in [4.69, 9.17) is 4.74 Å². The minimum absolute atomic E-state index is 0.0203. The molecule has 1 saturated heterocycles. The predicted molar refractivity (Wildman–Crippen MR) is 69.5 cm³/mol. The number of H-pyrrole nitrogens is 1. The Bertz CT molecular complexity index is 567. The Kier molecular flexibility index (Phi) is 3.54. The molecule has 2 heterocycles. The maximum absolute atomic E-state index is 12.1. The molecule has 1 aromatic heterocycles. The number of hydrogen-bond acceptors (Lipinski definition) is 5. The van der Waals surface area contributed by atoms with Gasteiger partial charge in [-0.3, -0.25) is 9.59 Å². The normalized spacial score (nSPS) is 26.2. The molecule has 3 N–H and O–H groups in total. The third-order valence-corrected chi connectivity index (χ3v) is 3.67. The molecule has 1 aliphatic carbocycles. The Hall–Kier alpha value is -1.73. The third-order valence-electron chi connectivity index (χ3n) is 3.67. The molecule has 20 heavy (non-hydrogen) atoms. The highest BCUT2D eigenvalue weighted by molar-refractivity contribution is 5.93. The number of aromatic amines is 1. The Balaban J connectivity index is 1.71. The van der Waals surface area contributed by atoms with Crippen LogP contribution >= 0.6 is 0 Å². The number of carbonyl (C=O) groups excluding carboxylic acids is 1. The first-order valence-corrected chi connectivity index (χ1v) is 6.81. The second-order valence-corrected chi connectivity index (χ2v) is 5.30. The van der Waals surface area contributed by atoms with Crippen molar-refractivity contribution >= 4 is 5.91 Å². The van der Waals surface area contributed by atoms with Gasteiger partial charge in [0.05, 0.1) is 18.8 Å². The molecule has 108 valence electrons. The maximum atomic E-state index is 12.1. The van der Waals surface area contributed by atoms with E-state index in [0.29, 0.717) is 24.8 Å². The quantitative estimate of drug-likeness (QED) is 0.693. The number of nitrogens with zero attached hydrogens (tertiary/aromatic N) is 1. The van der Waals surface area contributed by atoms with Crippen molar-refractivity contribution in [3.8, 4) is 0 Å². The fourth-order valence-electron chi connectivity index (χ4n) is 2.27. The molecule has 2 atom stereocenters. The Morgan fingerprint density at radius 1 is 1.45 bits per heavy atom. The van der Waals surface area contributed by atoms with Gasteiger partial charge >= 0.3 is 0 Å². The van der Waals surface area contributed by atoms with Crippen LogP contribution in [-0.4, -0.2) is 46.3 Å². The van der Waals surface area contributed by atoms with Gasteiger partial charge in [0.2, 0.25) is 0 Å². The molecule has 7 nitrogen and oxygen atoms in total. The number of hydrogen-bond donors (Lipinski definition) is 3. The van der Waals surface area contributed by atoms with Crippen LogP contribution in [0.25, 0.3) is 0 Å². The summed E-state index contributed by atoms with van der Waals surface area (Å²) in [7, 11) is 0. The topological polar surface area (TPSA) is 104 Å². The molecule has 0 unspecified atom stereocenters. The summed E-state index contributed by atoms with van der Waals surface area (Å²) >= 11 is 0. The molecule has 0 spiro atoms. The second kappa shape index (κ2) is 5.34. The van der Waals surface area contributed by atoms with Crippen molar-refractivity contribution in [3.05, 3.63) is 27.9 Å². The molecule has 2 fully saturated rings. The molecule has 1 aliphatic heterocycles. The van der Waals surface area contributed by atoms with E-state index in [2.05, 4.69) is 15.3 Å². The summed E-state index contributed by atoms with van der Waals surface area (Å²) in [6, 6.07) is -0.390. The van der Waals surface area contributed by atoms with Gasteiger partial charge in [-0.05, 0) is 19.3 Å². The van der Waals surface area contributed by atoms with Crippen molar-refractivity contribution < 1.29 is 14.6 Å². The number of ether oxygens (including phenoxy) is 1. The van der Waals surface area contributed by atoms with Crippen LogP contribution in [0.15, 0.2) is 11.0 Å². The molecule has 3 rings (SSSR count). The van der Waals surface area contributed by atoms with Gasteiger partial charge in [0.15, 0.2) is 0 Å². The number of aliphatic hydroxyl groups is 1. The lowest BCUT2D eigenvalue weighted by Crippen LogP contribution is -2.49. The first kappa shape index (κ1) is 13.3. The SMILES string of the molecule is O=C(N[C@@H]1CCOC[C@H]1O)c1cnc(C2CC2)[nH]c1=O. The van der Waals surface area contributed by atoms with Gasteiger partial charge in [0.1, 0.15) is 11.4 Å². The van der Waals surface area contributed by atoms with Crippen molar-refractivity contribution in [3.63, 3.8) is 0 Å². The summed E-state index contributed by atoms with van der Waals surface area (Å²) in [4.78, 5) is 30.7. The highest BCUT2D eigenvalue weighted by atomic mass is 16.5. The molecular formula is C13H17N3O4. The van der Waals surface area contributed by atoms with Gasteiger partial charge in [-0.15, -0.1) is 0 Å². The molecule has 7 heteroatoms. The predicted octanol–water partition coefficient (Wildman–Crippen LogP) is -0.473. The van der Waals surface area contributed by atoms with Crippen molar-refractivity contribution in [2.24, 2.45) is 0 Å². The minimum atomic E-state index is -0.745. The average molecular weight is 279 g/mol. The summed E-state index contributed by atoms with van der Waals surface area (Å²) < 4.78 is 5.09. The van der Waals surface area contributed by atoms with Gasteiger partial charge in [0, 0.05) is 18.7 Å². The largest absolute Gasteiger partial charge is 0.389 e. The fraction of sp³-hybridized carbons (Fsp3) is 0.615. The van der Waals surface area contributed by atoms with E-state index in [1.54, 1.807) is 0 Å². The number of aromatic nitrogens is 2. The van der Waals surface area contributed by atoms with Crippen LogP contribution in [0.3, 0.4) is 0 Å². The van der Waals surface area contributed by atoms with E-state index >= 15 is 0 Å². The van der Waals surface area contributed by atoms with Crippen LogP contribution in [0.4, 0.5) is 0 Å². The standard InChI is InChI=1S/C13H17N3O4/c17-10-6-20-4-3-9(10)15-12(18)8-5-14-11(7-1-2-7)16-13(8)19/h5,7,9-10,17H,1-4,6H2,(H,15,18)(H,14,16,19)/t9-,10-/m1/s1. The lowest BCUT2D eigenvalue weighted by molar-refractivity contribution is -0.0261. The first-order chi connectivity index (χ1) is 9.65. The molecule has 1 saturated carbocycles. The molecule has 1 amide bonds. The average Bonchev–Trinajstić information content (AvgIpc) is 3.25. The van der Waals surface area contributed by atoms with Crippen LogP contribution < -0.4 is 10.9 Å². The molecule has 0 aromatic carbocycles. The van der Waals surface area contributed by atoms with Gasteiger partial charge in [-0.25, -0.2) is 4.98 Å². The Morgan fingerprint density at radius 2 is 2.25 bits per heavy atom. The fourth-order valence-corrected chi connectivity index (χ4v) is 2.27. The lowest BCUT2D eigenvalue weighted by Gasteiger charge is -2.28. The number of nitrogens with one attached hydrogen (secondary N) is 2. The minimum Gasteiger partial charge on any atom is -0.389 e. The molecule has 0 radical (unpaired) electrons. The van der Waals surface area contributed by atoms with E-state index in [-0.39, 0.29) is 12.2 Å². The highest BCUT2D eigenvalue weighted by Gasteiger charge is 2.28. The monoisotopic (exact) mass is 279 g/mol. The summed E-state index contributed by atoms with van der Waals surface area (Å²) in [5, 5.41) is 12.4. The lowest BCUT2D eigenvalue weighted by atomic mass is 10.1.